The molecule has 9 nitrogen and oxygen atoms in total. The Morgan fingerprint density at radius 1 is 0.922 bits per heavy atom. The number of ether oxygens (including phenoxy) is 1. The fourth-order valence-electron chi connectivity index (χ4n) is 5.50. The number of halogens is 3. The van der Waals surface area contributed by atoms with E-state index in [0.29, 0.717) is 28.9 Å². The lowest BCUT2D eigenvalue weighted by Crippen LogP contribution is -2.52. The molecule has 0 bridgehead atoms. The van der Waals surface area contributed by atoms with Gasteiger partial charge >= 0.3 is 12.3 Å². The highest BCUT2D eigenvalue weighted by molar-refractivity contribution is 7.91. The summed E-state index contributed by atoms with van der Waals surface area (Å²) in [4.78, 5) is 26.3. The van der Waals surface area contributed by atoms with Crippen LogP contribution in [0.1, 0.15) is 71.6 Å². The predicted octanol–water partition coefficient (Wildman–Crippen LogP) is 7.55. The first-order valence-electron chi connectivity index (χ1n) is 16.0. The Balaban J connectivity index is 1.74. The van der Waals surface area contributed by atoms with Crippen LogP contribution in [0.3, 0.4) is 0 Å². The summed E-state index contributed by atoms with van der Waals surface area (Å²) in [5, 5.41) is 16.8. The van der Waals surface area contributed by atoms with Crippen LogP contribution >= 0.6 is 22.7 Å². The number of thiophene rings is 2. The Bertz CT molecular complexity index is 1820. The fourth-order valence-corrected chi connectivity index (χ4v) is 9.72. The quantitative estimate of drug-likeness (QED) is 0.122. The normalized spacial score (nSPS) is 14.3. The van der Waals surface area contributed by atoms with Crippen molar-refractivity contribution in [3.8, 4) is 0 Å². The molecule has 15 heteroatoms. The molecule has 3 N–H and O–H groups in total. The molecular formula is C36H42F3N3O6S3. The van der Waals surface area contributed by atoms with Crippen molar-refractivity contribution in [3.05, 3.63) is 111 Å². The number of alkyl halides is 3. The number of hydrogen-bond donors (Lipinski definition) is 3. The molecule has 2 aromatic carbocycles. The number of alkyl carbamates (subject to hydrolysis) is 1. The largest absolute Gasteiger partial charge is 0.453 e. The van der Waals surface area contributed by atoms with Crippen LogP contribution in [0.4, 0.5) is 18.0 Å². The highest BCUT2D eigenvalue weighted by atomic mass is 32.2. The number of nitrogens with one attached hydrogen (secondary N) is 2. The van der Waals surface area contributed by atoms with Gasteiger partial charge in [0.05, 0.1) is 19.8 Å². The number of carbonyl (C=O) groups is 2. The van der Waals surface area contributed by atoms with Crippen LogP contribution in [0.25, 0.3) is 0 Å². The van der Waals surface area contributed by atoms with Crippen LogP contribution in [0.15, 0.2) is 88.5 Å². The number of carbonyl (C=O) groups excluding carboxylic acids is 2. The third-order valence-corrected chi connectivity index (χ3v) is 12.8. The van der Waals surface area contributed by atoms with E-state index in [0.717, 1.165) is 28.3 Å². The molecule has 0 spiro atoms. The molecule has 3 atom stereocenters. The van der Waals surface area contributed by atoms with Gasteiger partial charge in [-0.15, -0.1) is 22.7 Å². The van der Waals surface area contributed by atoms with Crippen LogP contribution in [-0.4, -0.2) is 62.3 Å². The van der Waals surface area contributed by atoms with Gasteiger partial charge in [-0.25, -0.2) is 13.2 Å². The van der Waals surface area contributed by atoms with Gasteiger partial charge in [0, 0.05) is 22.2 Å². The number of aliphatic hydroxyl groups excluding tert-OH is 1. The van der Waals surface area contributed by atoms with Gasteiger partial charge in [-0.3, -0.25) is 4.79 Å². The summed E-state index contributed by atoms with van der Waals surface area (Å²) in [6.45, 7) is 6.86. The van der Waals surface area contributed by atoms with Gasteiger partial charge in [0.1, 0.15) is 10.3 Å². The predicted molar refractivity (Wildman–Crippen MR) is 192 cm³/mol. The summed E-state index contributed by atoms with van der Waals surface area (Å²) in [5.41, 5.74) is 1.56. The third kappa shape index (κ3) is 10.2. The van der Waals surface area contributed by atoms with Crippen LogP contribution < -0.4 is 10.6 Å². The molecule has 276 valence electrons. The molecule has 0 radical (unpaired) electrons. The van der Waals surface area contributed by atoms with Gasteiger partial charge in [0.25, 0.3) is 10.0 Å². The lowest BCUT2D eigenvalue weighted by atomic mass is 9.84. The smallest absolute Gasteiger partial charge is 0.413 e. The SMILES string of the molecule is COC(=O)N[C@H](C(=O)N[C@H](c1ccc([C@@H](CO)N(CCC(C)(C)C)S(=O)(=O)c2cc(C)cs2)s1)C(F)(F)F)C(c1ccccc1)c1ccccc1. The van der Waals surface area contributed by atoms with E-state index in [-0.39, 0.29) is 25.9 Å². The first-order chi connectivity index (χ1) is 24.0. The first-order valence-corrected chi connectivity index (χ1v) is 19.2. The van der Waals surface area contributed by atoms with E-state index in [1.165, 1.54) is 18.2 Å². The van der Waals surface area contributed by atoms with E-state index < -0.39 is 58.9 Å². The summed E-state index contributed by atoms with van der Waals surface area (Å²) in [6, 6.07) is 15.9. The van der Waals surface area contributed by atoms with Crippen LogP contribution in [0.2, 0.25) is 0 Å². The average molecular weight is 766 g/mol. The number of rotatable bonds is 14. The molecule has 2 heterocycles. The second-order valence-electron chi connectivity index (χ2n) is 13.2. The van der Waals surface area contributed by atoms with Crippen molar-refractivity contribution in [2.24, 2.45) is 5.41 Å². The molecule has 2 aromatic heterocycles. The Kier molecular flexibility index (Phi) is 13.1. The van der Waals surface area contributed by atoms with Crippen molar-refractivity contribution >= 4 is 44.7 Å². The number of nitrogens with zero attached hydrogens (tertiary/aromatic N) is 1. The monoisotopic (exact) mass is 765 g/mol. The van der Waals surface area contributed by atoms with E-state index in [2.05, 4.69) is 10.6 Å². The third-order valence-electron chi connectivity index (χ3n) is 8.14. The van der Waals surface area contributed by atoms with E-state index in [4.69, 9.17) is 4.74 Å². The summed E-state index contributed by atoms with van der Waals surface area (Å²) >= 11 is 1.67. The maximum Gasteiger partial charge on any atom is 0.413 e. The summed E-state index contributed by atoms with van der Waals surface area (Å²) < 4.78 is 78.3. The lowest BCUT2D eigenvalue weighted by Gasteiger charge is -2.31. The van der Waals surface area contributed by atoms with E-state index >= 15 is 0 Å². The molecule has 0 saturated heterocycles. The highest BCUT2D eigenvalue weighted by Crippen LogP contribution is 2.41. The van der Waals surface area contributed by atoms with Gasteiger partial charge in [-0.05, 0) is 59.0 Å². The zero-order valence-electron chi connectivity index (χ0n) is 28.8. The number of benzene rings is 2. The second-order valence-corrected chi connectivity index (χ2v) is 17.4. The maximum atomic E-state index is 14.8. The number of methoxy groups -OCH3 is 1. The van der Waals surface area contributed by atoms with Crippen molar-refractivity contribution < 1.29 is 41.0 Å². The molecule has 4 rings (SSSR count). The summed E-state index contributed by atoms with van der Waals surface area (Å²) in [7, 11) is -3.07. The molecule has 0 saturated carbocycles. The van der Waals surface area contributed by atoms with Gasteiger partial charge < -0.3 is 20.5 Å². The molecular weight excluding hydrogens is 724 g/mol. The second kappa shape index (κ2) is 16.7. The Morgan fingerprint density at radius 2 is 1.49 bits per heavy atom. The minimum absolute atomic E-state index is 0.00190. The first kappa shape index (κ1) is 40.0. The van der Waals surface area contributed by atoms with Crippen LogP contribution in [0, 0.1) is 12.3 Å². The minimum Gasteiger partial charge on any atom is -0.453 e. The minimum atomic E-state index is -5.00. The molecule has 0 aliphatic heterocycles. The number of hydrogen-bond acceptors (Lipinski definition) is 8. The van der Waals surface area contributed by atoms with Crippen molar-refractivity contribution in [2.45, 2.75) is 68.5 Å². The summed E-state index contributed by atoms with van der Waals surface area (Å²) in [6.07, 6.45) is -5.60. The molecule has 0 aliphatic rings. The van der Waals surface area contributed by atoms with Gasteiger partial charge in [-0.2, -0.15) is 17.5 Å². The average Bonchev–Trinajstić information content (AvgIpc) is 3.74. The summed E-state index contributed by atoms with van der Waals surface area (Å²) in [5.74, 6) is -2.03. The molecule has 0 aliphatic carbocycles. The van der Waals surface area contributed by atoms with Crippen molar-refractivity contribution in [1.82, 2.24) is 14.9 Å². The Hall–Kier alpha value is -3.76. The zero-order valence-corrected chi connectivity index (χ0v) is 31.3. The fraction of sp³-hybridized carbons (Fsp3) is 0.389. The van der Waals surface area contributed by atoms with E-state index in [1.807, 2.05) is 20.8 Å². The van der Waals surface area contributed by atoms with Gasteiger partial charge in [0.2, 0.25) is 5.91 Å². The van der Waals surface area contributed by atoms with Crippen molar-refractivity contribution in [2.75, 3.05) is 20.3 Å². The molecule has 51 heavy (non-hydrogen) atoms. The van der Waals surface area contributed by atoms with E-state index in [9.17, 15) is 36.3 Å². The number of aliphatic hydroxyl groups is 1. The number of aryl methyl sites for hydroxylation is 1. The topological polar surface area (TPSA) is 125 Å². The van der Waals surface area contributed by atoms with Gasteiger partial charge in [0.15, 0.2) is 6.04 Å². The highest BCUT2D eigenvalue weighted by Gasteiger charge is 2.46. The Morgan fingerprint density at radius 3 is 1.96 bits per heavy atom. The van der Waals surface area contributed by atoms with Crippen molar-refractivity contribution in [3.63, 3.8) is 0 Å². The molecule has 2 amide bonds. The van der Waals surface area contributed by atoms with Crippen LogP contribution in [-0.2, 0) is 19.6 Å². The molecule has 0 unspecified atom stereocenters. The van der Waals surface area contributed by atoms with Crippen LogP contribution in [0.5, 0.6) is 0 Å². The number of sulfonamides is 1. The molecule has 4 aromatic rings. The van der Waals surface area contributed by atoms with E-state index in [1.54, 1.807) is 73.0 Å². The van der Waals surface area contributed by atoms with Gasteiger partial charge in [-0.1, -0.05) is 81.4 Å². The Labute approximate surface area is 304 Å². The zero-order chi connectivity index (χ0) is 37.6. The maximum absolute atomic E-state index is 14.8. The number of amides is 2. The van der Waals surface area contributed by atoms with Crippen molar-refractivity contribution in [1.29, 1.82) is 0 Å². The lowest BCUT2D eigenvalue weighted by molar-refractivity contribution is -0.163. The standard InChI is InChI=1S/C36H42F3N3O6S3/c1-23-20-29(49-22-23)51(46,47)42(19-18-35(2,3)4)26(21-43)27-16-17-28(50-27)32(36(37,38)39)41-33(44)31(40-34(45)48-5)30(24-12-8-6-9-13-24)25-14-10-7-11-15-25/h6-17,20,22,26,30-32,43H,18-19,21H2,1-5H3,(H,40,45)(H,41,44)/t26-,31+,32-/m1/s1. The molecule has 0 fully saturated rings.